The first-order valence-corrected chi connectivity index (χ1v) is 11.9. The number of hydrogen-bond donors (Lipinski definition) is 1. The largest absolute Gasteiger partial charge is 0.486 e. The van der Waals surface area contributed by atoms with Crippen molar-refractivity contribution in [1.82, 2.24) is 5.32 Å². The number of carbonyl (C=O) groups excluding carboxylic acids is 1. The van der Waals surface area contributed by atoms with Crippen LogP contribution in [-0.2, 0) is 14.8 Å². The van der Waals surface area contributed by atoms with E-state index in [9.17, 15) is 13.2 Å². The third kappa shape index (κ3) is 5.24. The Hall–Kier alpha value is -1.87. The average Bonchev–Trinajstić information content (AvgIpc) is 2.68. The molecule has 0 radical (unpaired) electrons. The fourth-order valence-corrected chi connectivity index (χ4v) is 4.47. The summed E-state index contributed by atoms with van der Waals surface area (Å²) in [6, 6.07) is 7.59. The molecule has 1 atom stereocenters. The van der Waals surface area contributed by atoms with E-state index in [-0.39, 0.29) is 20.8 Å². The molecule has 1 unspecified atom stereocenters. The summed E-state index contributed by atoms with van der Waals surface area (Å²) >= 11 is 18.1. The van der Waals surface area contributed by atoms with Crippen molar-refractivity contribution in [3.63, 3.8) is 0 Å². The average molecular weight is 494 g/mol. The molecule has 0 aliphatic carbocycles. The summed E-state index contributed by atoms with van der Waals surface area (Å²) in [5.74, 6) is 0.714. The Balaban J connectivity index is 1.78. The van der Waals surface area contributed by atoms with Gasteiger partial charge >= 0.3 is 0 Å². The quantitative estimate of drug-likeness (QED) is 0.614. The summed E-state index contributed by atoms with van der Waals surface area (Å²) in [4.78, 5) is 12.6. The number of amides is 1. The van der Waals surface area contributed by atoms with E-state index in [1.165, 1.54) is 12.1 Å². The van der Waals surface area contributed by atoms with Crippen LogP contribution >= 0.6 is 34.8 Å². The summed E-state index contributed by atoms with van der Waals surface area (Å²) in [6.07, 6.45) is 0.976. The van der Waals surface area contributed by atoms with Gasteiger partial charge in [0.25, 0.3) is 0 Å². The standard InChI is InChI=1S/C19H19Cl3N2O5S/c1-11(12-3-4-17-18(7-12)29-6-5-28-17)23-19(25)10-24(30(2,26)27)16-9-14(21)13(20)8-15(16)22/h3-4,7-9,11H,5-6,10H2,1-2H3,(H,23,25). The second-order valence-electron chi connectivity index (χ2n) is 6.68. The van der Waals surface area contributed by atoms with Crippen molar-refractivity contribution in [2.24, 2.45) is 0 Å². The number of halogens is 3. The van der Waals surface area contributed by atoms with Crippen molar-refractivity contribution in [2.75, 3.05) is 30.3 Å². The first-order chi connectivity index (χ1) is 14.1. The number of carbonyl (C=O) groups is 1. The number of ether oxygens (including phenoxy) is 2. The Labute approximate surface area is 189 Å². The van der Waals surface area contributed by atoms with Crippen LogP contribution in [0, 0.1) is 0 Å². The third-order valence-corrected chi connectivity index (χ3v) is 6.54. The van der Waals surface area contributed by atoms with Crippen molar-refractivity contribution in [3.8, 4) is 11.5 Å². The van der Waals surface area contributed by atoms with Gasteiger partial charge in [0.1, 0.15) is 19.8 Å². The Morgan fingerprint density at radius 1 is 1.07 bits per heavy atom. The maximum absolute atomic E-state index is 12.6. The second kappa shape index (κ2) is 9.09. The molecule has 1 N–H and O–H groups in total. The number of sulfonamides is 1. The van der Waals surface area contributed by atoms with E-state index in [1.807, 2.05) is 6.07 Å². The van der Waals surface area contributed by atoms with Crippen LogP contribution in [0.4, 0.5) is 5.69 Å². The number of anilines is 1. The molecule has 1 aliphatic heterocycles. The van der Waals surface area contributed by atoms with Gasteiger partial charge in [-0.15, -0.1) is 0 Å². The lowest BCUT2D eigenvalue weighted by atomic mass is 10.1. The molecule has 0 saturated carbocycles. The minimum atomic E-state index is -3.83. The zero-order valence-corrected chi connectivity index (χ0v) is 19.2. The lowest BCUT2D eigenvalue weighted by Crippen LogP contribution is -2.41. The molecule has 11 heteroatoms. The smallest absolute Gasteiger partial charge is 0.241 e. The molecule has 7 nitrogen and oxygen atoms in total. The van der Waals surface area contributed by atoms with Gasteiger partial charge in [-0.2, -0.15) is 0 Å². The van der Waals surface area contributed by atoms with Crippen LogP contribution in [0.1, 0.15) is 18.5 Å². The highest BCUT2D eigenvalue weighted by molar-refractivity contribution is 7.92. The summed E-state index contributed by atoms with van der Waals surface area (Å²) < 4.78 is 36.6. The van der Waals surface area contributed by atoms with Gasteiger partial charge < -0.3 is 14.8 Å². The molecule has 0 bridgehead atoms. The minimum Gasteiger partial charge on any atom is -0.486 e. The Kier molecular flexibility index (Phi) is 6.91. The lowest BCUT2D eigenvalue weighted by molar-refractivity contribution is -0.120. The molecule has 1 aliphatic rings. The highest BCUT2D eigenvalue weighted by atomic mass is 35.5. The summed E-state index contributed by atoms with van der Waals surface area (Å²) in [5.41, 5.74) is 0.849. The van der Waals surface area contributed by atoms with E-state index >= 15 is 0 Å². The fourth-order valence-electron chi connectivity index (χ4n) is 2.91. The first kappa shape index (κ1) is 22.8. The Morgan fingerprint density at radius 3 is 2.37 bits per heavy atom. The van der Waals surface area contributed by atoms with E-state index in [1.54, 1.807) is 19.1 Å². The molecular weight excluding hydrogens is 475 g/mol. The monoisotopic (exact) mass is 492 g/mol. The SMILES string of the molecule is CC(NC(=O)CN(c1cc(Cl)c(Cl)cc1Cl)S(C)(=O)=O)c1ccc2c(c1)OCCO2. The summed E-state index contributed by atoms with van der Waals surface area (Å²) in [6.45, 7) is 2.23. The van der Waals surface area contributed by atoms with Gasteiger partial charge in [0.2, 0.25) is 15.9 Å². The van der Waals surface area contributed by atoms with Crippen molar-refractivity contribution in [1.29, 1.82) is 0 Å². The van der Waals surface area contributed by atoms with Gasteiger partial charge in [0.15, 0.2) is 11.5 Å². The zero-order chi connectivity index (χ0) is 22.1. The van der Waals surface area contributed by atoms with Crippen LogP contribution in [0.5, 0.6) is 11.5 Å². The predicted molar refractivity (Wildman–Crippen MR) is 118 cm³/mol. The van der Waals surface area contributed by atoms with Crippen LogP contribution in [0.25, 0.3) is 0 Å². The third-order valence-electron chi connectivity index (χ3n) is 4.39. The highest BCUT2D eigenvalue weighted by Crippen LogP contribution is 2.36. The Bertz CT molecular complexity index is 1080. The van der Waals surface area contributed by atoms with Crippen molar-refractivity contribution >= 4 is 56.4 Å². The fraction of sp³-hybridized carbons (Fsp3) is 0.316. The van der Waals surface area contributed by atoms with E-state index < -0.39 is 28.5 Å². The lowest BCUT2D eigenvalue weighted by Gasteiger charge is -2.25. The molecule has 0 aromatic heterocycles. The molecule has 2 aromatic carbocycles. The maximum Gasteiger partial charge on any atom is 0.241 e. The normalized spacial score (nSPS) is 14.2. The van der Waals surface area contributed by atoms with Crippen LogP contribution in [-0.4, -0.2) is 40.3 Å². The summed E-state index contributed by atoms with van der Waals surface area (Å²) in [5, 5.41) is 3.13. The topological polar surface area (TPSA) is 84.9 Å². The number of hydrogen-bond acceptors (Lipinski definition) is 5. The molecule has 2 aromatic rings. The van der Waals surface area contributed by atoms with E-state index in [0.717, 1.165) is 16.1 Å². The number of nitrogens with one attached hydrogen (secondary N) is 1. The van der Waals surface area contributed by atoms with Gasteiger partial charge in [-0.25, -0.2) is 8.42 Å². The van der Waals surface area contributed by atoms with Gasteiger partial charge in [0, 0.05) is 0 Å². The molecule has 30 heavy (non-hydrogen) atoms. The molecular formula is C19H19Cl3N2O5S. The second-order valence-corrected chi connectivity index (χ2v) is 9.81. The molecule has 1 amide bonds. The Morgan fingerprint density at radius 2 is 1.70 bits per heavy atom. The van der Waals surface area contributed by atoms with Crippen molar-refractivity contribution < 1.29 is 22.7 Å². The van der Waals surface area contributed by atoms with Gasteiger partial charge in [-0.05, 0) is 36.8 Å². The van der Waals surface area contributed by atoms with E-state index in [0.29, 0.717) is 24.7 Å². The van der Waals surface area contributed by atoms with E-state index in [4.69, 9.17) is 44.3 Å². The molecule has 0 saturated heterocycles. The molecule has 0 spiro atoms. The van der Waals surface area contributed by atoms with Crippen LogP contribution in [0.3, 0.4) is 0 Å². The number of nitrogens with zero attached hydrogens (tertiary/aromatic N) is 1. The zero-order valence-electron chi connectivity index (χ0n) is 16.1. The minimum absolute atomic E-state index is 0.0579. The van der Waals surface area contributed by atoms with Gasteiger partial charge in [-0.3, -0.25) is 9.10 Å². The highest BCUT2D eigenvalue weighted by Gasteiger charge is 2.25. The van der Waals surface area contributed by atoms with E-state index in [2.05, 4.69) is 5.32 Å². The van der Waals surface area contributed by atoms with Crippen molar-refractivity contribution in [3.05, 3.63) is 51.0 Å². The first-order valence-electron chi connectivity index (χ1n) is 8.87. The molecule has 0 fully saturated rings. The van der Waals surface area contributed by atoms with Crippen LogP contribution < -0.4 is 19.1 Å². The van der Waals surface area contributed by atoms with Gasteiger partial charge in [0.05, 0.1) is 33.1 Å². The molecule has 3 rings (SSSR count). The maximum atomic E-state index is 12.6. The van der Waals surface area contributed by atoms with Crippen molar-refractivity contribution in [2.45, 2.75) is 13.0 Å². The predicted octanol–water partition coefficient (Wildman–Crippen LogP) is 4.06. The number of fused-ring (bicyclic) bond motifs is 1. The molecule has 1 heterocycles. The number of benzene rings is 2. The van der Waals surface area contributed by atoms with Gasteiger partial charge in [-0.1, -0.05) is 40.9 Å². The number of rotatable bonds is 6. The summed E-state index contributed by atoms with van der Waals surface area (Å²) in [7, 11) is -3.83. The molecule has 162 valence electrons. The van der Waals surface area contributed by atoms with Crippen LogP contribution in [0.2, 0.25) is 15.1 Å². The van der Waals surface area contributed by atoms with Crippen LogP contribution in [0.15, 0.2) is 30.3 Å².